The van der Waals surface area contributed by atoms with Crippen molar-refractivity contribution >= 4 is 12.0 Å². The van der Waals surface area contributed by atoms with Crippen molar-refractivity contribution in [3.63, 3.8) is 0 Å². The summed E-state index contributed by atoms with van der Waals surface area (Å²) in [5, 5.41) is 18.3. The molecule has 4 heteroatoms. The Morgan fingerprint density at radius 1 is 1.40 bits per heavy atom. The quantitative estimate of drug-likeness (QED) is 0.517. The zero-order valence-corrected chi connectivity index (χ0v) is 8.40. The predicted molar refractivity (Wildman–Crippen MR) is 57.2 cm³/mol. The lowest BCUT2D eigenvalue weighted by atomic mass is 10.1. The van der Waals surface area contributed by atoms with Crippen molar-refractivity contribution in [2.75, 3.05) is 0 Å². The van der Waals surface area contributed by atoms with E-state index in [0.29, 0.717) is 17.6 Å². The molecule has 0 spiro atoms. The van der Waals surface area contributed by atoms with Crippen molar-refractivity contribution in [1.82, 2.24) is 0 Å². The maximum Gasteiger partial charge on any atom is 0.244 e. The van der Waals surface area contributed by atoms with Gasteiger partial charge < -0.3 is 15.9 Å². The Hall–Kier alpha value is -1.97. The zero-order valence-electron chi connectivity index (χ0n) is 8.40. The number of rotatable bonds is 3. The number of hydrogen-bond donors (Lipinski definition) is 3. The van der Waals surface area contributed by atoms with Gasteiger partial charge in [-0.05, 0) is 30.2 Å². The van der Waals surface area contributed by atoms with E-state index in [0.717, 1.165) is 0 Å². The van der Waals surface area contributed by atoms with Gasteiger partial charge in [-0.2, -0.15) is 0 Å². The van der Waals surface area contributed by atoms with Gasteiger partial charge in [0.1, 0.15) is 0 Å². The van der Waals surface area contributed by atoms with Crippen LogP contribution in [0.5, 0.6) is 11.5 Å². The van der Waals surface area contributed by atoms with Crippen LogP contribution in [0, 0.1) is 0 Å². The summed E-state index contributed by atoms with van der Waals surface area (Å²) in [7, 11) is 0. The van der Waals surface area contributed by atoms with Gasteiger partial charge in [-0.3, -0.25) is 4.79 Å². The molecule has 1 aromatic rings. The van der Waals surface area contributed by atoms with Gasteiger partial charge in [0.25, 0.3) is 0 Å². The van der Waals surface area contributed by atoms with Crippen LogP contribution < -0.4 is 5.73 Å². The molecule has 0 aliphatic carbocycles. The van der Waals surface area contributed by atoms with Crippen LogP contribution in [-0.2, 0) is 4.79 Å². The van der Waals surface area contributed by atoms with Crippen molar-refractivity contribution in [2.24, 2.45) is 5.73 Å². The second kappa shape index (κ2) is 4.50. The highest BCUT2D eigenvalue weighted by Crippen LogP contribution is 2.26. The van der Waals surface area contributed by atoms with E-state index in [4.69, 9.17) is 10.8 Å². The van der Waals surface area contributed by atoms with Crippen molar-refractivity contribution in [2.45, 2.75) is 13.3 Å². The molecular weight excluding hydrogens is 194 g/mol. The highest BCUT2D eigenvalue weighted by atomic mass is 16.3. The number of hydrogen-bond acceptors (Lipinski definition) is 3. The molecule has 0 bridgehead atoms. The molecule has 0 fully saturated rings. The molecule has 0 unspecified atom stereocenters. The molecule has 0 aromatic heterocycles. The van der Waals surface area contributed by atoms with Crippen molar-refractivity contribution in [3.05, 3.63) is 29.3 Å². The molecule has 0 aliphatic heterocycles. The number of nitrogens with two attached hydrogens (primary N) is 1. The summed E-state index contributed by atoms with van der Waals surface area (Å²) in [5.41, 5.74) is 6.24. The van der Waals surface area contributed by atoms with Gasteiger partial charge in [-0.1, -0.05) is 13.0 Å². The number of amides is 1. The van der Waals surface area contributed by atoms with E-state index >= 15 is 0 Å². The van der Waals surface area contributed by atoms with Gasteiger partial charge in [0.2, 0.25) is 5.91 Å². The third kappa shape index (κ3) is 2.74. The van der Waals surface area contributed by atoms with Crippen LogP contribution in [0.3, 0.4) is 0 Å². The summed E-state index contributed by atoms with van der Waals surface area (Å²) in [5.74, 6) is -0.891. The van der Waals surface area contributed by atoms with Crippen LogP contribution in [0.25, 0.3) is 6.08 Å². The second-order valence-corrected chi connectivity index (χ2v) is 3.14. The standard InChI is InChI=1S/C11H13NO3/c1-2-8(11(12)15)5-7-3-4-9(13)10(14)6-7/h3-6,13-14H,2H2,1H3,(H2,12,15). The largest absolute Gasteiger partial charge is 0.504 e. The molecule has 1 rings (SSSR count). The van der Waals surface area contributed by atoms with E-state index in [9.17, 15) is 9.90 Å². The van der Waals surface area contributed by atoms with E-state index in [1.54, 1.807) is 12.1 Å². The maximum atomic E-state index is 10.9. The minimum atomic E-state index is -0.481. The van der Waals surface area contributed by atoms with Crippen LogP contribution in [0.4, 0.5) is 0 Å². The lowest BCUT2D eigenvalue weighted by molar-refractivity contribution is -0.114. The maximum absolute atomic E-state index is 10.9. The van der Waals surface area contributed by atoms with E-state index in [1.807, 2.05) is 6.92 Å². The fourth-order valence-electron chi connectivity index (χ4n) is 1.18. The third-order valence-electron chi connectivity index (χ3n) is 2.04. The van der Waals surface area contributed by atoms with E-state index in [-0.39, 0.29) is 11.5 Å². The fraction of sp³-hybridized carbons (Fsp3) is 0.182. The smallest absolute Gasteiger partial charge is 0.244 e. The van der Waals surface area contributed by atoms with Crippen LogP contribution in [0.1, 0.15) is 18.9 Å². The van der Waals surface area contributed by atoms with E-state index in [2.05, 4.69) is 0 Å². The first kappa shape index (κ1) is 11.1. The number of phenolic OH excluding ortho intramolecular Hbond substituents is 2. The normalized spacial score (nSPS) is 11.4. The minimum Gasteiger partial charge on any atom is -0.504 e. The number of aromatic hydroxyl groups is 2. The van der Waals surface area contributed by atoms with Crippen LogP contribution >= 0.6 is 0 Å². The molecule has 0 saturated heterocycles. The monoisotopic (exact) mass is 207 g/mol. The van der Waals surface area contributed by atoms with Crippen LogP contribution in [-0.4, -0.2) is 16.1 Å². The fourth-order valence-corrected chi connectivity index (χ4v) is 1.18. The summed E-state index contributed by atoms with van der Waals surface area (Å²) < 4.78 is 0. The number of carbonyl (C=O) groups is 1. The molecule has 1 aromatic carbocycles. The summed E-state index contributed by atoms with van der Waals surface area (Å²) in [6.45, 7) is 1.82. The van der Waals surface area contributed by atoms with Crippen molar-refractivity contribution in [3.8, 4) is 11.5 Å². The van der Waals surface area contributed by atoms with Gasteiger partial charge in [0.05, 0.1) is 0 Å². The topological polar surface area (TPSA) is 83.6 Å². The molecule has 0 heterocycles. The van der Waals surface area contributed by atoms with Crippen molar-refractivity contribution < 1.29 is 15.0 Å². The summed E-state index contributed by atoms with van der Waals surface area (Å²) in [4.78, 5) is 10.9. The second-order valence-electron chi connectivity index (χ2n) is 3.14. The van der Waals surface area contributed by atoms with Crippen LogP contribution in [0.15, 0.2) is 23.8 Å². The Kier molecular flexibility index (Phi) is 3.33. The number of primary amides is 1. The summed E-state index contributed by atoms with van der Waals surface area (Å²) in [6.07, 6.45) is 2.11. The first-order chi connectivity index (χ1) is 7.04. The third-order valence-corrected chi connectivity index (χ3v) is 2.04. The molecule has 0 aliphatic rings. The molecule has 4 nitrogen and oxygen atoms in total. The number of benzene rings is 1. The van der Waals surface area contributed by atoms with Gasteiger partial charge in [0.15, 0.2) is 11.5 Å². The molecule has 4 N–H and O–H groups in total. The Balaban J connectivity index is 3.07. The average Bonchev–Trinajstić information content (AvgIpc) is 2.19. The lowest BCUT2D eigenvalue weighted by Gasteiger charge is -2.01. The number of carbonyl (C=O) groups excluding carboxylic acids is 1. The number of phenols is 2. The summed E-state index contributed by atoms with van der Waals surface area (Å²) >= 11 is 0. The van der Waals surface area contributed by atoms with Crippen molar-refractivity contribution in [1.29, 1.82) is 0 Å². The SMILES string of the molecule is CCC(=Cc1ccc(O)c(O)c1)C(N)=O. The Labute approximate surface area is 87.7 Å². The van der Waals surface area contributed by atoms with Gasteiger partial charge in [-0.15, -0.1) is 0 Å². The molecule has 80 valence electrons. The zero-order chi connectivity index (χ0) is 11.4. The molecule has 0 radical (unpaired) electrons. The van der Waals surface area contributed by atoms with Gasteiger partial charge in [-0.25, -0.2) is 0 Å². The Morgan fingerprint density at radius 3 is 2.53 bits per heavy atom. The van der Waals surface area contributed by atoms with Gasteiger partial charge >= 0.3 is 0 Å². The van der Waals surface area contributed by atoms with E-state index < -0.39 is 5.91 Å². The van der Waals surface area contributed by atoms with E-state index in [1.165, 1.54) is 12.1 Å². The highest BCUT2D eigenvalue weighted by Gasteiger charge is 2.03. The molecule has 0 atom stereocenters. The Morgan fingerprint density at radius 2 is 2.07 bits per heavy atom. The lowest BCUT2D eigenvalue weighted by Crippen LogP contribution is -2.12. The molecular formula is C11H13NO3. The summed E-state index contributed by atoms with van der Waals surface area (Å²) in [6, 6.07) is 4.32. The molecule has 1 amide bonds. The average molecular weight is 207 g/mol. The molecule has 0 saturated carbocycles. The molecule has 15 heavy (non-hydrogen) atoms. The van der Waals surface area contributed by atoms with Gasteiger partial charge in [0, 0.05) is 5.57 Å². The Bertz CT molecular complexity index is 410. The predicted octanol–water partition coefficient (Wildman–Crippen LogP) is 1.38. The van der Waals surface area contributed by atoms with Crippen LogP contribution in [0.2, 0.25) is 0 Å². The first-order valence-electron chi connectivity index (χ1n) is 4.57. The highest BCUT2D eigenvalue weighted by molar-refractivity contribution is 5.96. The minimum absolute atomic E-state index is 0.190. The first-order valence-corrected chi connectivity index (χ1v) is 4.57.